The van der Waals surface area contributed by atoms with Crippen LogP contribution < -0.4 is 5.73 Å². The van der Waals surface area contributed by atoms with Crippen molar-refractivity contribution in [2.24, 2.45) is 0 Å². The summed E-state index contributed by atoms with van der Waals surface area (Å²) in [6.45, 7) is 4.69. The van der Waals surface area contributed by atoms with Crippen LogP contribution in [0.2, 0.25) is 5.02 Å². The summed E-state index contributed by atoms with van der Waals surface area (Å²) < 4.78 is 3.63. The van der Waals surface area contributed by atoms with Crippen molar-refractivity contribution in [1.82, 2.24) is 34.7 Å². The van der Waals surface area contributed by atoms with Gasteiger partial charge in [0.05, 0.1) is 29.0 Å². The molecule has 8 nitrogen and oxygen atoms in total. The van der Waals surface area contributed by atoms with Crippen LogP contribution in [0, 0.1) is 0 Å². The number of para-hydroxylation sites is 1. The highest BCUT2D eigenvalue weighted by Gasteiger charge is 2.14. The van der Waals surface area contributed by atoms with Gasteiger partial charge in [0.1, 0.15) is 11.4 Å². The molecule has 132 valence electrons. The lowest BCUT2D eigenvalue weighted by Crippen LogP contribution is -2.05. The van der Waals surface area contributed by atoms with Crippen LogP contribution in [0.3, 0.4) is 0 Å². The summed E-state index contributed by atoms with van der Waals surface area (Å²) in [6, 6.07) is 7.78. The minimum atomic E-state index is 0.144. The molecular weight excluding hydrogens is 352 g/mol. The van der Waals surface area contributed by atoms with Crippen LogP contribution in [-0.2, 0) is 6.54 Å². The first-order chi connectivity index (χ1) is 12.5. The molecule has 3 heterocycles. The molecule has 0 bridgehead atoms. The number of halogens is 1. The first-order valence-corrected chi connectivity index (χ1v) is 8.55. The fourth-order valence-corrected chi connectivity index (χ4v) is 2.95. The largest absolute Gasteiger partial charge is 0.368 e. The van der Waals surface area contributed by atoms with Gasteiger partial charge in [0.15, 0.2) is 0 Å². The second-order valence-corrected chi connectivity index (χ2v) is 6.66. The van der Waals surface area contributed by atoms with E-state index < -0.39 is 0 Å². The smallest absolute Gasteiger partial charge is 0.221 e. The molecular formula is C17H17ClN8. The molecule has 1 aromatic carbocycles. The van der Waals surface area contributed by atoms with Crippen LogP contribution in [0.1, 0.15) is 25.6 Å². The third-order valence-electron chi connectivity index (χ3n) is 3.99. The molecule has 0 amide bonds. The van der Waals surface area contributed by atoms with E-state index in [0.717, 1.165) is 11.1 Å². The van der Waals surface area contributed by atoms with Crippen molar-refractivity contribution < 1.29 is 0 Å². The van der Waals surface area contributed by atoms with Gasteiger partial charge >= 0.3 is 0 Å². The maximum absolute atomic E-state index is 6.23. The van der Waals surface area contributed by atoms with E-state index in [4.69, 9.17) is 17.3 Å². The standard InChI is InChI=1S/C17H17ClN8/c1-10(2)26-7-6-11(23-26)8-25-9-14(22-24-25)16-12-4-3-5-13(18)15(12)20-17(19)21-16/h3-7,9-10H,8H2,1-2H3,(H2,19,20,21). The van der Waals surface area contributed by atoms with Gasteiger partial charge in [-0.3, -0.25) is 4.68 Å². The zero-order chi connectivity index (χ0) is 18.3. The number of fused-ring (bicyclic) bond motifs is 1. The molecule has 26 heavy (non-hydrogen) atoms. The molecule has 4 rings (SSSR count). The van der Waals surface area contributed by atoms with E-state index in [1.165, 1.54) is 0 Å². The summed E-state index contributed by atoms with van der Waals surface area (Å²) in [5.74, 6) is 0.144. The maximum atomic E-state index is 6.23. The molecule has 0 aliphatic carbocycles. The summed E-state index contributed by atoms with van der Waals surface area (Å²) in [5.41, 5.74) is 8.56. The van der Waals surface area contributed by atoms with Gasteiger partial charge in [-0.05, 0) is 26.0 Å². The lowest BCUT2D eigenvalue weighted by molar-refractivity contribution is 0.519. The minimum Gasteiger partial charge on any atom is -0.368 e. The second kappa shape index (κ2) is 6.38. The summed E-state index contributed by atoms with van der Waals surface area (Å²) in [6.07, 6.45) is 3.77. The number of nitrogen functional groups attached to an aromatic ring is 1. The fourth-order valence-electron chi connectivity index (χ4n) is 2.73. The van der Waals surface area contributed by atoms with Gasteiger partial charge in [0.2, 0.25) is 5.95 Å². The SMILES string of the molecule is CC(C)n1ccc(Cn2cc(-c3nc(N)nc4c(Cl)cccc34)nn2)n1. The Morgan fingerprint density at radius 3 is 2.81 bits per heavy atom. The Labute approximate surface area is 154 Å². The normalized spacial score (nSPS) is 11.5. The highest BCUT2D eigenvalue weighted by atomic mass is 35.5. The van der Waals surface area contributed by atoms with E-state index in [9.17, 15) is 0 Å². The lowest BCUT2D eigenvalue weighted by atomic mass is 10.1. The van der Waals surface area contributed by atoms with E-state index in [-0.39, 0.29) is 5.95 Å². The highest BCUT2D eigenvalue weighted by Crippen LogP contribution is 2.29. The molecule has 0 unspecified atom stereocenters. The van der Waals surface area contributed by atoms with Gasteiger partial charge in [-0.1, -0.05) is 28.9 Å². The topological polar surface area (TPSA) is 100 Å². The minimum absolute atomic E-state index is 0.144. The van der Waals surface area contributed by atoms with Crippen molar-refractivity contribution in [3.63, 3.8) is 0 Å². The third-order valence-corrected chi connectivity index (χ3v) is 4.30. The van der Waals surface area contributed by atoms with E-state index in [1.54, 1.807) is 10.7 Å². The van der Waals surface area contributed by atoms with Crippen molar-refractivity contribution in [1.29, 1.82) is 0 Å². The Balaban J connectivity index is 1.70. The van der Waals surface area contributed by atoms with Crippen LogP contribution >= 0.6 is 11.6 Å². The summed E-state index contributed by atoms with van der Waals surface area (Å²) in [4.78, 5) is 8.55. The quantitative estimate of drug-likeness (QED) is 0.594. The number of benzene rings is 1. The second-order valence-electron chi connectivity index (χ2n) is 6.25. The summed E-state index contributed by atoms with van der Waals surface area (Å²) in [7, 11) is 0. The lowest BCUT2D eigenvalue weighted by Gasteiger charge is -2.05. The number of hydrogen-bond donors (Lipinski definition) is 1. The molecule has 0 saturated heterocycles. The number of anilines is 1. The number of nitrogens with two attached hydrogens (primary N) is 1. The van der Waals surface area contributed by atoms with E-state index in [0.29, 0.717) is 34.5 Å². The first kappa shape index (κ1) is 16.5. The van der Waals surface area contributed by atoms with Gasteiger partial charge in [-0.25, -0.2) is 14.6 Å². The Morgan fingerprint density at radius 1 is 1.19 bits per heavy atom. The Morgan fingerprint density at radius 2 is 2.04 bits per heavy atom. The molecule has 0 aliphatic heterocycles. The molecule has 0 fully saturated rings. The van der Waals surface area contributed by atoms with Gasteiger partial charge in [0.25, 0.3) is 0 Å². The molecule has 0 atom stereocenters. The average molecular weight is 369 g/mol. The van der Waals surface area contributed by atoms with Gasteiger partial charge < -0.3 is 5.73 Å². The molecule has 4 aromatic rings. The van der Waals surface area contributed by atoms with Crippen molar-refractivity contribution in [2.75, 3.05) is 5.73 Å². The van der Waals surface area contributed by atoms with Crippen LogP contribution in [0.25, 0.3) is 22.3 Å². The summed E-state index contributed by atoms with van der Waals surface area (Å²) >= 11 is 6.23. The number of rotatable bonds is 4. The Hall–Kier alpha value is -3.00. The average Bonchev–Trinajstić information content (AvgIpc) is 3.25. The molecule has 9 heteroatoms. The molecule has 2 N–H and O–H groups in total. The molecule has 0 saturated carbocycles. The monoisotopic (exact) mass is 368 g/mol. The van der Waals surface area contributed by atoms with Crippen molar-refractivity contribution in [3.8, 4) is 11.4 Å². The molecule has 0 aliphatic rings. The predicted molar refractivity (Wildman–Crippen MR) is 99.7 cm³/mol. The van der Waals surface area contributed by atoms with Crippen molar-refractivity contribution in [2.45, 2.75) is 26.4 Å². The number of hydrogen-bond acceptors (Lipinski definition) is 6. The van der Waals surface area contributed by atoms with E-state index in [2.05, 4.69) is 39.2 Å². The fraction of sp³-hybridized carbons (Fsp3) is 0.235. The maximum Gasteiger partial charge on any atom is 0.221 e. The van der Waals surface area contributed by atoms with E-state index in [1.807, 2.05) is 35.3 Å². The van der Waals surface area contributed by atoms with E-state index >= 15 is 0 Å². The van der Waals surface area contributed by atoms with Gasteiger partial charge in [-0.2, -0.15) is 5.10 Å². The molecule has 0 spiro atoms. The van der Waals surface area contributed by atoms with Crippen LogP contribution in [0.15, 0.2) is 36.7 Å². The van der Waals surface area contributed by atoms with Crippen LogP contribution in [-0.4, -0.2) is 34.7 Å². The third kappa shape index (κ3) is 2.99. The number of nitrogens with zero attached hydrogens (tertiary/aromatic N) is 7. The Kier molecular flexibility index (Phi) is 4.04. The van der Waals surface area contributed by atoms with Crippen LogP contribution in [0.4, 0.5) is 5.95 Å². The predicted octanol–water partition coefficient (Wildman–Crippen LogP) is 2.95. The Bertz CT molecular complexity index is 1080. The molecule has 0 radical (unpaired) electrons. The van der Waals surface area contributed by atoms with Crippen LogP contribution in [0.5, 0.6) is 0 Å². The van der Waals surface area contributed by atoms with Gasteiger partial charge in [0, 0.05) is 17.6 Å². The van der Waals surface area contributed by atoms with Crippen molar-refractivity contribution in [3.05, 3.63) is 47.4 Å². The van der Waals surface area contributed by atoms with Gasteiger partial charge in [-0.15, -0.1) is 5.10 Å². The highest BCUT2D eigenvalue weighted by molar-refractivity contribution is 6.35. The first-order valence-electron chi connectivity index (χ1n) is 8.17. The van der Waals surface area contributed by atoms with Crippen molar-refractivity contribution >= 4 is 28.5 Å². The summed E-state index contributed by atoms with van der Waals surface area (Å²) in [5, 5.41) is 14.2. The molecule has 3 aromatic heterocycles. The zero-order valence-electron chi connectivity index (χ0n) is 14.3. The zero-order valence-corrected chi connectivity index (χ0v) is 15.1. The number of aromatic nitrogens is 7.